The lowest BCUT2D eigenvalue weighted by Crippen LogP contribution is -2.14. The zero-order valence-corrected chi connectivity index (χ0v) is 7.74. The molecule has 0 aromatic carbocycles. The summed E-state index contributed by atoms with van der Waals surface area (Å²) in [6.45, 7) is 2.24. The molecule has 0 saturated carbocycles. The van der Waals surface area contributed by atoms with Crippen LogP contribution in [-0.2, 0) is 0 Å². The van der Waals surface area contributed by atoms with Crippen molar-refractivity contribution in [3.63, 3.8) is 0 Å². The summed E-state index contributed by atoms with van der Waals surface area (Å²) in [6.07, 6.45) is 7.30. The number of nitrogens with one attached hydrogen (secondary N) is 1. The van der Waals surface area contributed by atoms with E-state index < -0.39 is 0 Å². The van der Waals surface area contributed by atoms with E-state index in [-0.39, 0.29) is 0 Å². The molecule has 1 N–H and O–H groups in total. The molecular weight excluding hydrogens is 162 g/mol. The molecule has 0 aliphatic carbocycles. The van der Waals surface area contributed by atoms with Crippen LogP contribution in [0.3, 0.4) is 0 Å². The third kappa shape index (κ3) is 2.25. The Hall–Kier alpha value is -0.960. The van der Waals surface area contributed by atoms with Crippen molar-refractivity contribution in [2.24, 2.45) is 0 Å². The topological polar surface area (TPSA) is 37.8 Å². The highest BCUT2D eigenvalue weighted by Gasteiger charge is 2.15. The lowest BCUT2D eigenvalue weighted by Gasteiger charge is -2.10. The van der Waals surface area contributed by atoms with Gasteiger partial charge in [0.1, 0.15) is 5.82 Å². The second-order valence-electron chi connectivity index (χ2n) is 3.48. The smallest absolute Gasteiger partial charge is 0.131 e. The molecular formula is C10H15N3. The quantitative estimate of drug-likeness (QED) is 0.703. The van der Waals surface area contributed by atoms with Gasteiger partial charge in [-0.1, -0.05) is 0 Å². The fourth-order valence-corrected chi connectivity index (χ4v) is 1.80. The molecule has 1 atom stereocenters. The molecule has 0 amide bonds. The first-order valence-corrected chi connectivity index (χ1v) is 4.94. The minimum Gasteiger partial charge on any atom is -0.317 e. The normalized spacial score (nSPS) is 23.8. The molecule has 0 bridgehead atoms. The molecule has 3 heteroatoms. The van der Waals surface area contributed by atoms with Gasteiger partial charge in [0.15, 0.2) is 0 Å². The maximum absolute atomic E-state index is 4.31. The van der Waals surface area contributed by atoms with Crippen LogP contribution in [-0.4, -0.2) is 23.1 Å². The Kier molecular flexibility index (Phi) is 2.87. The molecule has 0 spiro atoms. The lowest BCUT2D eigenvalue weighted by molar-refractivity contribution is 0.575. The van der Waals surface area contributed by atoms with Gasteiger partial charge in [-0.05, 0) is 38.4 Å². The number of hydrogen-bond donors (Lipinski definition) is 1. The first-order valence-electron chi connectivity index (χ1n) is 4.94. The van der Waals surface area contributed by atoms with Gasteiger partial charge in [-0.15, -0.1) is 0 Å². The van der Waals surface area contributed by atoms with Gasteiger partial charge < -0.3 is 5.32 Å². The predicted molar refractivity (Wildman–Crippen MR) is 51.5 cm³/mol. The summed E-state index contributed by atoms with van der Waals surface area (Å²) in [6, 6.07) is 1.87. The number of rotatable bonds is 1. The Balaban J connectivity index is 2.06. The van der Waals surface area contributed by atoms with Crippen molar-refractivity contribution in [1.29, 1.82) is 0 Å². The van der Waals surface area contributed by atoms with Crippen LogP contribution in [0.5, 0.6) is 0 Å². The van der Waals surface area contributed by atoms with Gasteiger partial charge in [0.05, 0.1) is 0 Å². The monoisotopic (exact) mass is 177 g/mol. The molecule has 2 rings (SSSR count). The van der Waals surface area contributed by atoms with Crippen LogP contribution in [0, 0.1) is 0 Å². The summed E-state index contributed by atoms with van der Waals surface area (Å²) in [7, 11) is 0. The number of aromatic nitrogens is 2. The molecule has 13 heavy (non-hydrogen) atoms. The molecule has 1 aliphatic rings. The van der Waals surface area contributed by atoms with Crippen LogP contribution in [0.15, 0.2) is 18.5 Å². The molecule has 1 aromatic rings. The van der Waals surface area contributed by atoms with Crippen molar-refractivity contribution < 1.29 is 0 Å². The molecule has 0 radical (unpaired) electrons. The third-order valence-electron chi connectivity index (χ3n) is 2.53. The first-order chi connectivity index (χ1) is 6.47. The highest BCUT2D eigenvalue weighted by atomic mass is 14.9. The van der Waals surface area contributed by atoms with Crippen molar-refractivity contribution >= 4 is 0 Å². The van der Waals surface area contributed by atoms with E-state index in [2.05, 4.69) is 15.3 Å². The molecule has 1 saturated heterocycles. The standard InChI is InChI=1S/C10H15N3/c1-3-9(4-8-11-5-1)10-12-6-2-7-13-10/h2,6-7,9,11H,1,3-5,8H2. The van der Waals surface area contributed by atoms with Crippen LogP contribution in [0.4, 0.5) is 0 Å². The Morgan fingerprint density at radius 3 is 2.85 bits per heavy atom. The van der Waals surface area contributed by atoms with Crippen LogP contribution >= 0.6 is 0 Å². The maximum atomic E-state index is 4.31. The average Bonchev–Trinajstić information content (AvgIpc) is 2.47. The Bertz CT molecular complexity index is 240. The summed E-state index contributed by atoms with van der Waals surface area (Å²) < 4.78 is 0. The summed E-state index contributed by atoms with van der Waals surface area (Å²) in [5.74, 6) is 1.59. The lowest BCUT2D eigenvalue weighted by atomic mass is 10.00. The van der Waals surface area contributed by atoms with E-state index in [1.807, 2.05) is 18.5 Å². The highest BCUT2D eigenvalue weighted by molar-refractivity contribution is 4.97. The number of nitrogens with zero attached hydrogens (tertiary/aromatic N) is 2. The van der Waals surface area contributed by atoms with Crippen molar-refractivity contribution in [2.45, 2.75) is 25.2 Å². The fourth-order valence-electron chi connectivity index (χ4n) is 1.80. The molecule has 2 heterocycles. The zero-order valence-electron chi connectivity index (χ0n) is 7.74. The Morgan fingerprint density at radius 1 is 1.15 bits per heavy atom. The van der Waals surface area contributed by atoms with E-state index in [1.165, 1.54) is 19.3 Å². The van der Waals surface area contributed by atoms with E-state index in [1.54, 1.807) is 0 Å². The van der Waals surface area contributed by atoms with Crippen LogP contribution < -0.4 is 5.32 Å². The van der Waals surface area contributed by atoms with Crippen LogP contribution in [0.2, 0.25) is 0 Å². The molecule has 1 fully saturated rings. The highest BCUT2D eigenvalue weighted by Crippen LogP contribution is 2.22. The first kappa shape index (κ1) is 8.63. The van der Waals surface area contributed by atoms with Gasteiger partial charge in [-0.25, -0.2) is 9.97 Å². The van der Waals surface area contributed by atoms with Crippen LogP contribution in [0.1, 0.15) is 31.0 Å². The van der Waals surface area contributed by atoms with E-state index in [0.29, 0.717) is 5.92 Å². The van der Waals surface area contributed by atoms with Gasteiger partial charge in [0, 0.05) is 18.3 Å². The predicted octanol–water partition coefficient (Wildman–Crippen LogP) is 1.33. The average molecular weight is 177 g/mol. The largest absolute Gasteiger partial charge is 0.317 e. The Morgan fingerprint density at radius 2 is 2.00 bits per heavy atom. The SMILES string of the molecule is c1cnc(C2CCCNCC2)nc1. The minimum absolute atomic E-state index is 0.566. The number of hydrogen-bond acceptors (Lipinski definition) is 3. The zero-order chi connectivity index (χ0) is 8.93. The molecule has 3 nitrogen and oxygen atoms in total. The second kappa shape index (κ2) is 4.33. The molecule has 70 valence electrons. The Labute approximate surface area is 78.6 Å². The summed E-state index contributed by atoms with van der Waals surface area (Å²) in [4.78, 5) is 8.61. The second-order valence-corrected chi connectivity index (χ2v) is 3.48. The minimum atomic E-state index is 0.566. The van der Waals surface area contributed by atoms with Gasteiger partial charge in [0.25, 0.3) is 0 Å². The summed E-state index contributed by atoms with van der Waals surface area (Å²) >= 11 is 0. The maximum Gasteiger partial charge on any atom is 0.131 e. The van der Waals surface area contributed by atoms with Crippen molar-refractivity contribution in [3.05, 3.63) is 24.3 Å². The van der Waals surface area contributed by atoms with Gasteiger partial charge in [0.2, 0.25) is 0 Å². The summed E-state index contributed by atoms with van der Waals surface area (Å²) in [5.41, 5.74) is 0. The summed E-state index contributed by atoms with van der Waals surface area (Å²) in [5, 5.41) is 3.39. The van der Waals surface area contributed by atoms with Crippen molar-refractivity contribution in [1.82, 2.24) is 15.3 Å². The van der Waals surface area contributed by atoms with E-state index in [0.717, 1.165) is 18.9 Å². The van der Waals surface area contributed by atoms with E-state index >= 15 is 0 Å². The van der Waals surface area contributed by atoms with Gasteiger partial charge in [-0.3, -0.25) is 0 Å². The molecule has 1 aromatic heterocycles. The fraction of sp³-hybridized carbons (Fsp3) is 0.600. The van der Waals surface area contributed by atoms with E-state index in [4.69, 9.17) is 0 Å². The third-order valence-corrected chi connectivity index (χ3v) is 2.53. The van der Waals surface area contributed by atoms with Crippen molar-refractivity contribution in [2.75, 3.05) is 13.1 Å². The molecule has 1 unspecified atom stereocenters. The van der Waals surface area contributed by atoms with Gasteiger partial charge >= 0.3 is 0 Å². The van der Waals surface area contributed by atoms with E-state index in [9.17, 15) is 0 Å². The van der Waals surface area contributed by atoms with Crippen LogP contribution in [0.25, 0.3) is 0 Å². The molecule has 1 aliphatic heterocycles. The van der Waals surface area contributed by atoms with Gasteiger partial charge in [-0.2, -0.15) is 0 Å². The van der Waals surface area contributed by atoms with Crippen molar-refractivity contribution in [3.8, 4) is 0 Å².